The van der Waals surface area contributed by atoms with E-state index in [2.05, 4.69) is 5.32 Å². The number of anilines is 2. The molecule has 4 nitrogen and oxygen atoms in total. The molecule has 0 radical (unpaired) electrons. The molecule has 2 amide bonds. The fourth-order valence-corrected chi connectivity index (χ4v) is 2.92. The second-order valence-corrected chi connectivity index (χ2v) is 6.27. The number of hydrogen-bond donors (Lipinski definition) is 1. The van der Waals surface area contributed by atoms with Crippen molar-refractivity contribution in [1.29, 1.82) is 0 Å². The number of rotatable bonds is 2. The molecule has 1 aliphatic heterocycles. The molecule has 0 atom stereocenters. The minimum atomic E-state index is -0.847. The topological polar surface area (TPSA) is 49.4 Å². The van der Waals surface area contributed by atoms with Gasteiger partial charge in [-0.05, 0) is 49.7 Å². The smallest absolute Gasteiger partial charge is 0.255 e. The fraction of sp³-hybridized carbons (Fsp3) is 0.222. The predicted octanol–water partition coefficient (Wildman–Crippen LogP) is 3.47. The molecule has 0 aliphatic carbocycles. The maximum absolute atomic E-state index is 13.7. The molecule has 6 heteroatoms. The highest BCUT2D eigenvalue weighted by Crippen LogP contribution is 2.41. The summed E-state index contributed by atoms with van der Waals surface area (Å²) in [7, 11) is 1.67. The molecule has 3 rings (SSSR count). The standard InChI is InChI=1S/C18H16F2N2O2/c1-18(2)11-9-10(7-8-14(11)22(3)17(18)24)16(23)21-15-12(19)5-4-6-13(15)20/h4-9H,1-3H3,(H,21,23). The van der Waals surface area contributed by atoms with E-state index in [4.69, 9.17) is 0 Å². The van der Waals surface area contributed by atoms with Crippen molar-refractivity contribution in [1.82, 2.24) is 0 Å². The van der Waals surface area contributed by atoms with Crippen LogP contribution in [0.1, 0.15) is 29.8 Å². The second-order valence-electron chi connectivity index (χ2n) is 6.27. The predicted molar refractivity (Wildman–Crippen MR) is 87.2 cm³/mol. The van der Waals surface area contributed by atoms with Crippen LogP contribution in [0.4, 0.5) is 20.2 Å². The molecule has 1 aliphatic rings. The first-order chi connectivity index (χ1) is 11.2. The molecule has 124 valence electrons. The number of carbonyl (C=O) groups is 2. The van der Waals surface area contributed by atoms with E-state index in [0.29, 0.717) is 5.56 Å². The third-order valence-electron chi connectivity index (χ3n) is 4.33. The molecule has 1 heterocycles. The molecular formula is C18H16F2N2O2. The molecule has 0 bridgehead atoms. The van der Waals surface area contributed by atoms with Crippen molar-refractivity contribution < 1.29 is 18.4 Å². The number of nitrogens with one attached hydrogen (secondary N) is 1. The van der Waals surface area contributed by atoms with Crippen LogP contribution in [-0.4, -0.2) is 18.9 Å². The van der Waals surface area contributed by atoms with E-state index in [1.807, 2.05) is 0 Å². The van der Waals surface area contributed by atoms with Crippen molar-refractivity contribution in [3.8, 4) is 0 Å². The molecule has 0 fully saturated rings. The van der Waals surface area contributed by atoms with Crippen LogP contribution in [0.25, 0.3) is 0 Å². The molecule has 0 saturated carbocycles. The largest absolute Gasteiger partial charge is 0.317 e. The summed E-state index contributed by atoms with van der Waals surface area (Å²) in [5, 5.41) is 2.25. The number of carbonyl (C=O) groups excluding carboxylic acids is 2. The quantitative estimate of drug-likeness (QED) is 0.916. The van der Waals surface area contributed by atoms with Crippen molar-refractivity contribution in [2.45, 2.75) is 19.3 Å². The molecule has 0 unspecified atom stereocenters. The van der Waals surface area contributed by atoms with Crippen molar-refractivity contribution >= 4 is 23.2 Å². The van der Waals surface area contributed by atoms with Gasteiger partial charge in [-0.1, -0.05) is 6.07 Å². The number of hydrogen-bond acceptors (Lipinski definition) is 2. The minimum absolute atomic E-state index is 0.0739. The zero-order chi connectivity index (χ0) is 17.6. The highest BCUT2D eigenvalue weighted by molar-refractivity contribution is 6.10. The summed E-state index contributed by atoms with van der Waals surface area (Å²) in [6.45, 7) is 3.55. The molecule has 0 aromatic heterocycles. The van der Waals surface area contributed by atoms with Crippen LogP contribution in [-0.2, 0) is 10.2 Å². The van der Waals surface area contributed by atoms with Crippen LogP contribution in [0, 0.1) is 11.6 Å². The van der Waals surface area contributed by atoms with Gasteiger partial charge in [-0.15, -0.1) is 0 Å². The highest BCUT2D eigenvalue weighted by Gasteiger charge is 2.42. The first-order valence-corrected chi connectivity index (χ1v) is 7.41. The second kappa shape index (κ2) is 5.40. The Kier molecular flexibility index (Phi) is 3.63. The van der Waals surface area contributed by atoms with Crippen LogP contribution >= 0.6 is 0 Å². The Morgan fingerprint density at radius 3 is 2.38 bits per heavy atom. The molecule has 2 aromatic rings. The lowest BCUT2D eigenvalue weighted by Crippen LogP contribution is -2.33. The number of likely N-dealkylation sites (N-methyl/N-ethyl adjacent to an activating group) is 1. The summed E-state index contributed by atoms with van der Waals surface area (Å²) in [6.07, 6.45) is 0. The SMILES string of the molecule is CN1C(=O)C(C)(C)c2cc(C(=O)Nc3c(F)cccc3F)ccc21. The van der Waals surface area contributed by atoms with Gasteiger partial charge in [0.25, 0.3) is 5.91 Å². The van der Waals surface area contributed by atoms with Crippen molar-refractivity contribution in [3.05, 3.63) is 59.2 Å². The Hall–Kier alpha value is -2.76. The number of para-hydroxylation sites is 1. The maximum Gasteiger partial charge on any atom is 0.255 e. The summed E-state index contributed by atoms with van der Waals surface area (Å²) in [5.74, 6) is -2.41. The minimum Gasteiger partial charge on any atom is -0.317 e. The summed E-state index contributed by atoms with van der Waals surface area (Å²) in [6, 6.07) is 8.13. The van der Waals surface area contributed by atoms with E-state index in [9.17, 15) is 18.4 Å². The van der Waals surface area contributed by atoms with Gasteiger partial charge in [0, 0.05) is 18.3 Å². The summed E-state index contributed by atoms with van der Waals surface area (Å²) in [5.41, 5.74) is 0.405. The van der Waals surface area contributed by atoms with Crippen LogP contribution in [0.2, 0.25) is 0 Å². The van der Waals surface area contributed by atoms with Gasteiger partial charge in [0.1, 0.15) is 17.3 Å². The molecular weight excluding hydrogens is 314 g/mol. The van der Waals surface area contributed by atoms with E-state index in [0.717, 1.165) is 17.8 Å². The van der Waals surface area contributed by atoms with Crippen LogP contribution in [0.5, 0.6) is 0 Å². The summed E-state index contributed by atoms with van der Waals surface area (Å²) >= 11 is 0. The lowest BCUT2D eigenvalue weighted by atomic mass is 9.85. The Bertz CT molecular complexity index is 842. The lowest BCUT2D eigenvalue weighted by Gasteiger charge is -2.16. The van der Waals surface area contributed by atoms with Gasteiger partial charge in [0.2, 0.25) is 5.91 Å². The fourth-order valence-electron chi connectivity index (χ4n) is 2.92. The number of halogens is 2. The van der Waals surface area contributed by atoms with Gasteiger partial charge < -0.3 is 10.2 Å². The Morgan fingerprint density at radius 2 is 1.75 bits per heavy atom. The first-order valence-electron chi connectivity index (χ1n) is 7.41. The average molecular weight is 330 g/mol. The van der Waals surface area contributed by atoms with Gasteiger partial charge >= 0.3 is 0 Å². The third-order valence-corrected chi connectivity index (χ3v) is 4.33. The number of nitrogens with zero attached hydrogens (tertiary/aromatic N) is 1. The summed E-state index contributed by atoms with van der Waals surface area (Å²) in [4.78, 5) is 26.2. The van der Waals surface area contributed by atoms with E-state index >= 15 is 0 Å². The lowest BCUT2D eigenvalue weighted by molar-refractivity contribution is -0.121. The first kappa shape index (κ1) is 16.1. The Morgan fingerprint density at radius 1 is 1.12 bits per heavy atom. The van der Waals surface area contributed by atoms with E-state index in [-0.39, 0.29) is 11.5 Å². The molecule has 1 N–H and O–H groups in total. The Labute approximate surface area is 138 Å². The van der Waals surface area contributed by atoms with Crippen molar-refractivity contribution in [2.75, 3.05) is 17.3 Å². The zero-order valence-corrected chi connectivity index (χ0v) is 13.5. The number of amides is 2. The van der Waals surface area contributed by atoms with Gasteiger partial charge in [-0.25, -0.2) is 8.78 Å². The summed E-state index contributed by atoms with van der Waals surface area (Å²) < 4.78 is 27.3. The highest BCUT2D eigenvalue weighted by atomic mass is 19.1. The van der Waals surface area contributed by atoms with Gasteiger partial charge in [0.15, 0.2) is 0 Å². The number of benzene rings is 2. The normalized spacial score (nSPS) is 15.4. The molecule has 24 heavy (non-hydrogen) atoms. The Balaban J connectivity index is 1.96. The van der Waals surface area contributed by atoms with E-state index in [1.165, 1.54) is 17.0 Å². The molecule has 0 spiro atoms. The van der Waals surface area contributed by atoms with Gasteiger partial charge in [-0.3, -0.25) is 9.59 Å². The van der Waals surface area contributed by atoms with Crippen LogP contribution in [0.3, 0.4) is 0 Å². The molecule has 2 aromatic carbocycles. The van der Waals surface area contributed by atoms with Gasteiger partial charge in [0.05, 0.1) is 5.41 Å². The zero-order valence-electron chi connectivity index (χ0n) is 13.5. The van der Waals surface area contributed by atoms with Crippen LogP contribution in [0.15, 0.2) is 36.4 Å². The number of fused-ring (bicyclic) bond motifs is 1. The van der Waals surface area contributed by atoms with Crippen molar-refractivity contribution in [3.63, 3.8) is 0 Å². The van der Waals surface area contributed by atoms with E-state index in [1.54, 1.807) is 33.0 Å². The van der Waals surface area contributed by atoms with Crippen molar-refractivity contribution in [2.24, 2.45) is 0 Å². The molecule has 0 saturated heterocycles. The average Bonchev–Trinajstić information content (AvgIpc) is 2.72. The van der Waals surface area contributed by atoms with E-state index < -0.39 is 28.6 Å². The maximum atomic E-state index is 13.7. The van der Waals surface area contributed by atoms with Gasteiger partial charge in [-0.2, -0.15) is 0 Å². The van der Waals surface area contributed by atoms with Crippen LogP contribution < -0.4 is 10.2 Å². The third kappa shape index (κ3) is 2.35. The monoisotopic (exact) mass is 330 g/mol.